The van der Waals surface area contributed by atoms with E-state index in [2.05, 4.69) is 0 Å². The van der Waals surface area contributed by atoms with Gasteiger partial charge in [0.05, 0.1) is 0 Å². The quantitative estimate of drug-likeness (QED) is 0.698. The zero-order chi connectivity index (χ0) is 13.0. The topological polar surface area (TPSA) is 43.4 Å². The Morgan fingerprint density at radius 2 is 1.89 bits per heavy atom. The number of Topliss-reactive ketones (excluding diaryl/α,β-unsaturated/α-hetero) is 1. The van der Waals surface area contributed by atoms with E-state index in [4.69, 9.17) is 4.74 Å². The van der Waals surface area contributed by atoms with Crippen molar-refractivity contribution in [1.82, 2.24) is 0 Å². The van der Waals surface area contributed by atoms with Crippen LogP contribution in [0.25, 0.3) is 0 Å². The smallest absolute Gasteiger partial charge is 0.136 e. The summed E-state index contributed by atoms with van der Waals surface area (Å²) in [5.74, 6) is 0.597. The SMILES string of the molecule is COCCCCC(=O)C1CC2CCCC(C1)S2=O. The molecule has 2 unspecified atom stereocenters. The maximum atomic E-state index is 12.2. The number of carbonyl (C=O) groups excluding carboxylic acids is 1. The third-order valence-corrected chi connectivity index (χ3v) is 6.45. The molecule has 0 N–H and O–H groups in total. The highest BCUT2D eigenvalue weighted by atomic mass is 32.2. The molecule has 104 valence electrons. The summed E-state index contributed by atoms with van der Waals surface area (Å²) >= 11 is 0. The average Bonchev–Trinajstić information content (AvgIpc) is 2.34. The Labute approximate surface area is 112 Å². The van der Waals surface area contributed by atoms with Gasteiger partial charge in [-0.2, -0.15) is 0 Å². The minimum absolute atomic E-state index is 0.195. The number of hydrogen-bond acceptors (Lipinski definition) is 3. The molecule has 0 aromatic carbocycles. The monoisotopic (exact) mass is 272 g/mol. The van der Waals surface area contributed by atoms with Gasteiger partial charge in [0.15, 0.2) is 0 Å². The van der Waals surface area contributed by atoms with Gasteiger partial charge in [0, 0.05) is 47.4 Å². The molecule has 0 radical (unpaired) electrons. The molecule has 2 heterocycles. The summed E-state index contributed by atoms with van der Waals surface area (Å²) in [7, 11) is 1.04. The second-order valence-electron chi connectivity index (χ2n) is 5.59. The fourth-order valence-electron chi connectivity index (χ4n) is 3.25. The fraction of sp³-hybridized carbons (Fsp3) is 0.929. The van der Waals surface area contributed by atoms with Crippen molar-refractivity contribution < 1.29 is 13.7 Å². The number of rotatable bonds is 6. The van der Waals surface area contributed by atoms with Crippen molar-refractivity contribution >= 4 is 16.6 Å². The second kappa shape index (κ2) is 6.80. The Morgan fingerprint density at radius 1 is 1.22 bits per heavy atom. The van der Waals surface area contributed by atoms with Crippen LogP contribution in [0.15, 0.2) is 0 Å². The van der Waals surface area contributed by atoms with Crippen molar-refractivity contribution in [1.29, 1.82) is 0 Å². The van der Waals surface area contributed by atoms with Crippen LogP contribution in [0, 0.1) is 5.92 Å². The molecule has 0 aromatic rings. The normalized spacial score (nSPS) is 35.4. The van der Waals surface area contributed by atoms with Crippen LogP contribution in [0.2, 0.25) is 0 Å². The predicted molar refractivity (Wildman–Crippen MR) is 73.0 cm³/mol. The molecule has 3 nitrogen and oxygen atoms in total. The summed E-state index contributed by atoms with van der Waals surface area (Å²) in [6.45, 7) is 0.743. The van der Waals surface area contributed by atoms with Crippen LogP contribution in [0.5, 0.6) is 0 Å². The molecular weight excluding hydrogens is 248 g/mol. The van der Waals surface area contributed by atoms with Crippen molar-refractivity contribution in [2.45, 2.75) is 61.9 Å². The number of hydrogen-bond donors (Lipinski definition) is 0. The van der Waals surface area contributed by atoms with Crippen molar-refractivity contribution in [3.63, 3.8) is 0 Å². The molecule has 0 aromatic heterocycles. The zero-order valence-electron chi connectivity index (χ0n) is 11.2. The number of ketones is 1. The Balaban J connectivity index is 1.79. The lowest BCUT2D eigenvalue weighted by atomic mass is 9.85. The first-order valence-corrected chi connectivity index (χ1v) is 8.41. The molecule has 2 saturated heterocycles. The van der Waals surface area contributed by atoms with E-state index in [9.17, 15) is 9.00 Å². The summed E-state index contributed by atoms with van der Waals surface area (Å²) in [4.78, 5) is 12.2. The minimum Gasteiger partial charge on any atom is -0.385 e. The summed E-state index contributed by atoms with van der Waals surface area (Å²) in [5.41, 5.74) is 0. The highest BCUT2D eigenvalue weighted by Gasteiger charge is 2.39. The Bertz CT molecular complexity index is 300. The van der Waals surface area contributed by atoms with Crippen LogP contribution in [-0.2, 0) is 20.3 Å². The van der Waals surface area contributed by atoms with Crippen LogP contribution in [0.4, 0.5) is 0 Å². The van der Waals surface area contributed by atoms with Gasteiger partial charge in [-0.05, 0) is 38.5 Å². The third-order valence-electron chi connectivity index (χ3n) is 4.28. The van der Waals surface area contributed by atoms with Crippen molar-refractivity contribution in [3.8, 4) is 0 Å². The predicted octanol–water partition coefficient (Wildman–Crippen LogP) is 2.45. The lowest BCUT2D eigenvalue weighted by Gasteiger charge is -2.37. The Morgan fingerprint density at radius 3 is 2.50 bits per heavy atom. The Hall–Kier alpha value is -0.220. The van der Waals surface area contributed by atoms with Gasteiger partial charge in [0.1, 0.15) is 5.78 Å². The molecule has 2 fully saturated rings. The van der Waals surface area contributed by atoms with Gasteiger partial charge >= 0.3 is 0 Å². The highest BCUT2D eigenvalue weighted by molar-refractivity contribution is 7.86. The summed E-state index contributed by atoms with van der Waals surface area (Å²) < 4.78 is 17.1. The van der Waals surface area contributed by atoms with E-state index in [0.29, 0.717) is 22.7 Å². The first kappa shape index (κ1) is 14.2. The van der Waals surface area contributed by atoms with Gasteiger partial charge in [-0.15, -0.1) is 0 Å². The average molecular weight is 272 g/mol. The number of fused-ring (bicyclic) bond motifs is 2. The van der Waals surface area contributed by atoms with E-state index < -0.39 is 10.8 Å². The lowest BCUT2D eigenvalue weighted by molar-refractivity contribution is -0.123. The van der Waals surface area contributed by atoms with E-state index in [-0.39, 0.29) is 5.92 Å². The van der Waals surface area contributed by atoms with E-state index >= 15 is 0 Å². The van der Waals surface area contributed by atoms with Gasteiger partial charge in [-0.25, -0.2) is 0 Å². The standard InChI is InChI=1S/C14H24O3S/c1-17-8-3-2-7-14(15)11-9-12-5-4-6-13(10-11)18(12)16/h11-13H,2-10H2,1H3. The molecule has 2 aliphatic rings. The molecule has 2 atom stereocenters. The molecule has 0 saturated carbocycles. The number of carbonyl (C=O) groups is 1. The van der Waals surface area contributed by atoms with Gasteiger partial charge in [-0.3, -0.25) is 9.00 Å². The van der Waals surface area contributed by atoms with Gasteiger partial charge in [-0.1, -0.05) is 6.42 Å². The molecule has 0 aliphatic carbocycles. The molecular formula is C14H24O3S. The van der Waals surface area contributed by atoms with Gasteiger partial charge < -0.3 is 4.74 Å². The second-order valence-corrected chi connectivity index (χ2v) is 7.58. The van der Waals surface area contributed by atoms with E-state index in [1.807, 2.05) is 0 Å². The minimum atomic E-state index is -0.654. The van der Waals surface area contributed by atoms with Gasteiger partial charge in [0.25, 0.3) is 0 Å². The number of ether oxygens (including phenoxy) is 1. The van der Waals surface area contributed by atoms with Crippen LogP contribution in [-0.4, -0.2) is 34.2 Å². The van der Waals surface area contributed by atoms with Crippen molar-refractivity contribution in [2.24, 2.45) is 5.92 Å². The molecule has 4 heteroatoms. The summed E-state index contributed by atoms with van der Waals surface area (Å²) in [6, 6.07) is 0. The largest absolute Gasteiger partial charge is 0.385 e. The Kier molecular flexibility index (Phi) is 5.37. The van der Waals surface area contributed by atoms with Crippen LogP contribution < -0.4 is 0 Å². The van der Waals surface area contributed by atoms with Gasteiger partial charge in [0.2, 0.25) is 0 Å². The molecule has 0 spiro atoms. The molecule has 2 bridgehead atoms. The zero-order valence-corrected chi connectivity index (χ0v) is 12.0. The molecule has 2 aliphatic heterocycles. The van der Waals surface area contributed by atoms with Crippen LogP contribution in [0.3, 0.4) is 0 Å². The van der Waals surface area contributed by atoms with E-state index in [1.54, 1.807) is 7.11 Å². The maximum Gasteiger partial charge on any atom is 0.136 e. The first-order chi connectivity index (χ1) is 8.72. The van der Waals surface area contributed by atoms with Crippen molar-refractivity contribution in [3.05, 3.63) is 0 Å². The number of methoxy groups -OCH3 is 1. The molecule has 18 heavy (non-hydrogen) atoms. The fourth-order valence-corrected chi connectivity index (χ4v) is 5.43. The van der Waals surface area contributed by atoms with Crippen LogP contribution >= 0.6 is 0 Å². The highest BCUT2D eigenvalue weighted by Crippen LogP contribution is 2.37. The van der Waals surface area contributed by atoms with Crippen LogP contribution in [0.1, 0.15) is 51.4 Å². The van der Waals surface area contributed by atoms with E-state index in [0.717, 1.165) is 45.1 Å². The first-order valence-electron chi connectivity index (χ1n) is 7.13. The lowest BCUT2D eigenvalue weighted by Crippen LogP contribution is -2.41. The van der Waals surface area contributed by atoms with E-state index in [1.165, 1.54) is 6.42 Å². The maximum absolute atomic E-state index is 12.2. The summed E-state index contributed by atoms with van der Waals surface area (Å²) in [6.07, 6.45) is 7.68. The molecule has 2 rings (SSSR count). The van der Waals surface area contributed by atoms with Crippen molar-refractivity contribution in [2.75, 3.05) is 13.7 Å². The summed E-state index contributed by atoms with van der Waals surface area (Å²) in [5, 5.41) is 0.621. The number of unbranched alkanes of at least 4 members (excludes halogenated alkanes) is 1. The third kappa shape index (κ3) is 3.41. The molecule has 0 amide bonds.